The van der Waals surface area contributed by atoms with Crippen LogP contribution in [0.1, 0.15) is 36.5 Å². The average molecular weight is 311 g/mol. The summed E-state index contributed by atoms with van der Waals surface area (Å²) < 4.78 is 0. The van der Waals surface area contributed by atoms with Crippen molar-refractivity contribution in [3.63, 3.8) is 0 Å². The summed E-state index contributed by atoms with van der Waals surface area (Å²) in [6.07, 6.45) is 10.2. The summed E-state index contributed by atoms with van der Waals surface area (Å²) in [4.78, 5) is 0. The highest BCUT2D eigenvalue weighted by molar-refractivity contribution is 5.77. The van der Waals surface area contributed by atoms with Gasteiger partial charge in [-0.1, -0.05) is 68.1 Å². The van der Waals surface area contributed by atoms with Crippen molar-refractivity contribution in [1.29, 1.82) is 5.26 Å². The summed E-state index contributed by atoms with van der Waals surface area (Å²) in [5, 5.41) is 9.43. The zero-order valence-corrected chi connectivity index (χ0v) is 14.0. The Morgan fingerprint density at radius 1 is 1.12 bits per heavy atom. The van der Waals surface area contributed by atoms with E-state index in [1.807, 2.05) is 24.3 Å². The van der Waals surface area contributed by atoms with Crippen LogP contribution < -0.4 is 0 Å². The van der Waals surface area contributed by atoms with Crippen molar-refractivity contribution < 1.29 is 0 Å². The van der Waals surface area contributed by atoms with Crippen LogP contribution in [0.4, 0.5) is 0 Å². The van der Waals surface area contributed by atoms with Gasteiger partial charge in [0.05, 0.1) is 11.6 Å². The van der Waals surface area contributed by atoms with Crippen LogP contribution in [0.5, 0.6) is 0 Å². The topological polar surface area (TPSA) is 23.8 Å². The fourth-order valence-corrected chi connectivity index (χ4v) is 3.16. The second-order valence-corrected chi connectivity index (χ2v) is 6.36. The molecule has 118 valence electrons. The third-order valence-corrected chi connectivity index (χ3v) is 4.49. The van der Waals surface area contributed by atoms with Crippen molar-refractivity contribution in [2.45, 2.75) is 19.8 Å². The predicted molar refractivity (Wildman–Crippen MR) is 102 cm³/mol. The Morgan fingerprint density at radius 2 is 1.88 bits per heavy atom. The first-order valence-electron chi connectivity index (χ1n) is 8.34. The Kier molecular flexibility index (Phi) is 4.77. The van der Waals surface area contributed by atoms with E-state index >= 15 is 0 Å². The fraction of sp³-hybridized carbons (Fsp3) is 0.174. The molecule has 2 aromatic carbocycles. The van der Waals surface area contributed by atoms with E-state index < -0.39 is 0 Å². The number of nitriles is 1. The number of hydrogen-bond donors (Lipinski definition) is 0. The average Bonchev–Trinajstić information content (AvgIpc) is 3.06. The van der Waals surface area contributed by atoms with E-state index in [9.17, 15) is 5.26 Å². The van der Waals surface area contributed by atoms with Gasteiger partial charge in [-0.25, -0.2) is 0 Å². The van der Waals surface area contributed by atoms with E-state index in [1.54, 1.807) is 6.08 Å². The second-order valence-electron chi connectivity index (χ2n) is 6.36. The molecule has 1 aliphatic rings. The van der Waals surface area contributed by atoms with Gasteiger partial charge in [0.1, 0.15) is 0 Å². The van der Waals surface area contributed by atoms with Crippen LogP contribution in [0.2, 0.25) is 0 Å². The number of benzene rings is 2. The Bertz CT molecular complexity index is 845. The molecule has 0 heterocycles. The summed E-state index contributed by atoms with van der Waals surface area (Å²) in [5.41, 5.74) is 6.65. The largest absolute Gasteiger partial charge is 0.192 e. The first kappa shape index (κ1) is 16.0. The Balaban J connectivity index is 1.96. The molecule has 1 nitrogen and oxygen atoms in total. The van der Waals surface area contributed by atoms with E-state index in [4.69, 9.17) is 0 Å². The third kappa shape index (κ3) is 3.39. The summed E-state index contributed by atoms with van der Waals surface area (Å²) in [7, 11) is 0. The molecule has 0 aromatic heterocycles. The van der Waals surface area contributed by atoms with Crippen LogP contribution in [-0.2, 0) is 0 Å². The van der Waals surface area contributed by atoms with Gasteiger partial charge in [-0.15, -0.1) is 0 Å². The smallest absolute Gasteiger partial charge is 0.0998 e. The zero-order chi connectivity index (χ0) is 16.9. The maximum absolute atomic E-state index is 9.43. The SMILES string of the molecule is C=C/C=C/c1ccc(-c2ccc(C#N)c(C3=CCC(C)C3)c2)cc1. The molecule has 1 heteroatoms. The molecule has 1 unspecified atom stereocenters. The molecule has 0 fully saturated rings. The van der Waals surface area contributed by atoms with Gasteiger partial charge in [0.15, 0.2) is 0 Å². The molecule has 2 aromatic rings. The van der Waals surface area contributed by atoms with E-state index in [2.05, 4.69) is 56.0 Å². The van der Waals surface area contributed by atoms with Crippen molar-refractivity contribution in [3.05, 3.63) is 84.0 Å². The van der Waals surface area contributed by atoms with Crippen LogP contribution >= 0.6 is 0 Å². The zero-order valence-electron chi connectivity index (χ0n) is 14.0. The maximum Gasteiger partial charge on any atom is 0.0998 e. The fourth-order valence-electron chi connectivity index (χ4n) is 3.16. The van der Waals surface area contributed by atoms with Gasteiger partial charge in [0.2, 0.25) is 0 Å². The minimum atomic E-state index is 0.672. The molecule has 0 amide bonds. The van der Waals surface area contributed by atoms with Gasteiger partial charge in [-0.2, -0.15) is 5.26 Å². The van der Waals surface area contributed by atoms with Gasteiger partial charge >= 0.3 is 0 Å². The Labute approximate surface area is 144 Å². The van der Waals surface area contributed by atoms with Crippen molar-refractivity contribution in [1.82, 2.24) is 0 Å². The van der Waals surface area contributed by atoms with Crippen molar-refractivity contribution in [2.24, 2.45) is 5.92 Å². The van der Waals surface area contributed by atoms with Crippen molar-refractivity contribution >= 4 is 11.6 Å². The number of rotatable bonds is 4. The molecule has 0 N–H and O–H groups in total. The molecular weight excluding hydrogens is 290 g/mol. The molecule has 1 aliphatic carbocycles. The quantitative estimate of drug-likeness (QED) is 0.613. The van der Waals surface area contributed by atoms with Gasteiger partial charge in [-0.05, 0) is 58.7 Å². The van der Waals surface area contributed by atoms with Crippen molar-refractivity contribution in [3.8, 4) is 17.2 Å². The summed E-state index contributed by atoms with van der Waals surface area (Å²) in [6.45, 7) is 5.95. The second kappa shape index (κ2) is 7.15. The van der Waals surface area contributed by atoms with E-state index in [1.165, 1.54) is 11.1 Å². The molecular formula is C23H21N. The highest BCUT2D eigenvalue weighted by Gasteiger charge is 2.17. The normalized spacial score (nSPS) is 16.8. The predicted octanol–water partition coefficient (Wildman–Crippen LogP) is 6.24. The Hall–Kier alpha value is -2.85. The molecule has 24 heavy (non-hydrogen) atoms. The number of hydrogen-bond acceptors (Lipinski definition) is 1. The molecule has 0 saturated heterocycles. The van der Waals surface area contributed by atoms with Gasteiger partial charge in [0.25, 0.3) is 0 Å². The van der Waals surface area contributed by atoms with Crippen LogP contribution in [0.25, 0.3) is 22.8 Å². The lowest BCUT2D eigenvalue weighted by Gasteiger charge is -2.10. The maximum atomic E-state index is 9.43. The number of allylic oxidation sites excluding steroid dienone is 4. The van der Waals surface area contributed by atoms with Crippen LogP contribution in [0, 0.1) is 17.2 Å². The molecule has 0 radical (unpaired) electrons. The minimum absolute atomic E-state index is 0.672. The van der Waals surface area contributed by atoms with E-state index in [-0.39, 0.29) is 0 Å². The molecule has 1 atom stereocenters. The Morgan fingerprint density at radius 3 is 2.50 bits per heavy atom. The van der Waals surface area contributed by atoms with E-state index in [0.717, 1.165) is 35.1 Å². The first-order chi connectivity index (χ1) is 11.7. The highest BCUT2D eigenvalue weighted by atomic mass is 14.3. The summed E-state index contributed by atoms with van der Waals surface area (Å²) in [5.74, 6) is 0.672. The standard InChI is InChI=1S/C23H21N/c1-3-4-5-18-7-10-19(11-8-18)20-12-13-22(16-24)23(15-20)21-9-6-17(2)14-21/h3-5,7-13,15,17H,1,6,14H2,2H3/b5-4+. The summed E-state index contributed by atoms with van der Waals surface area (Å²) in [6, 6.07) is 16.9. The van der Waals surface area contributed by atoms with Crippen molar-refractivity contribution in [2.75, 3.05) is 0 Å². The van der Waals surface area contributed by atoms with E-state index in [0.29, 0.717) is 5.92 Å². The lowest BCUT2D eigenvalue weighted by Crippen LogP contribution is -1.92. The molecule has 0 spiro atoms. The first-order valence-corrected chi connectivity index (χ1v) is 8.34. The number of nitrogens with zero attached hydrogens (tertiary/aromatic N) is 1. The molecule has 0 saturated carbocycles. The van der Waals surface area contributed by atoms with Gasteiger partial charge < -0.3 is 0 Å². The third-order valence-electron chi connectivity index (χ3n) is 4.49. The lowest BCUT2D eigenvalue weighted by molar-refractivity contribution is 0.642. The van der Waals surface area contributed by atoms with Gasteiger partial charge in [0, 0.05) is 0 Å². The minimum Gasteiger partial charge on any atom is -0.192 e. The van der Waals surface area contributed by atoms with Crippen LogP contribution in [0.3, 0.4) is 0 Å². The van der Waals surface area contributed by atoms with Crippen LogP contribution in [0.15, 0.2) is 67.3 Å². The summed E-state index contributed by atoms with van der Waals surface area (Å²) >= 11 is 0. The van der Waals surface area contributed by atoms with Gasteiger partial charge in [-0.3, -0.25) is 0 Å². The lowest BCUT2D eigenvalue weighted by atomic mass is 9.93. The highest BCUT2D eigenvalue weighted by Crippen LogP contribution is 2.35. The molecule has 3 rings (SSSR count). The molecule has 0 bridgehead atoms. The monoisotopic (exact) mass is 311 g/mol. The molecule has 0 aliphatic heterocycles. The van der Waals surface area contributed by atoms with Crippen LogP contribution in [-0.4, -0.2) is 0 Å².